The van der Waals surface area contributed by atoms with Crippen molar-refractivity contribution < 1.29 is 31.1 Å². The predicted molar refractivity (Wildman–Crippen MR) is 102 cm³/mol. The summed E-state index contributed by atoms with van der Waals surface area (Å²) in [6, 6.07) is 0.211. The number of nitrogens with zero attached hydrogens (tertiary/aromatic N) is 3. The van der Waals surface area contributed by atoms with Crippen LogP contribution in [0.2, 0.25) is 0 Å². The van der Waals surface area contributed by atoms with Gasteiger partial charge in [-0.2, -0.15) is 13.2 Å². The summed E-state index contributed by atoms with van der Waals surface area (Å²) in [6.45, 7) is 0.606. The van der Waals surface area contributed by atoms with Crippen LogP contribution in [-0.2, 0) is 24.0 Å². The fourth-order valence-electron chi connectivity index (χ4n) is 3.75. The summed E-state index contributed by atoms with van der Waals surface area (Å²) < 4.78 is 84.7. The summed E-state index contributed by atoms with van der Waals surface area (Å²) in [5.74, 6) is -4.65. The number of hydrogen-bond acceptors (Lipinski definition) is 5. The van der Waals surface area contributed by atoms with Crippen molar-refractivity contribution in [2.75, 3.05) is 6.61 Å². The summed E-state index contributed by atoms with van der Waals surface area (Å²) in [7, 11) is 0. The van der Waals surface area contributed by atoms with Crippen molar-refractivity contribution in [2.45, 2.75) is 43.9 Å². The molecule has 0 bridgehead atoms. The van der Waals surface area contributed by atoms with Gasteiger partial charge >= 0.3 is 6.18 Å². The lowest BCUT2D eigenvalue weighted by atomic mass is 9.93. The molecule has 1 unspecified atom stereocenters. The smallest absolute Gasteiger partial charge is 0.370 e. The highest BCUT2D eigenvalue weighted by molar-refractivity contribution is 5.85. The fourth-order valence-corrected chi connectivity index (χ4v) is 3.75. The Hall–Kier alpha value is -1.66. The monoisotopic (exact) mass is 490 g/mol. The van der Waals surface area contributed by atoms with E-state index < -0.39 is 41.6 Å². The van der Waals surface area contributed by atoms with Crippen molar-refractivity contribution in [3.8, 4) is 0 Å². The van der Waals surface area contributed by atoms with Crippen LogP contribution in [0.4, 0.5) is 26.3 Å². The van der Waals surface area contributed by atoms with Crippen molar-refractivity contribution >= 4 is 24.8 Å². The minimum Gasteiger partial charge on any atom is -0.370 e. The van der Waals surface area contributed by atoms with Gasteiger partial charge < -0.3 is 10.5 Å². The number of rotatable bonds is 2. The molecule has 0 aliphatic carbocycles. The Morgan fingerprint density at radius 2 is 1.71 bits per heavy atom. The van der Waals surface area contributed by atoms with E-state index in [1.807, 2.05) is 4.90 Å². The van der Waals surface area contributed by atoms with E-state index in [4.69, 9.17) is 10.5 Å². The normalized spacial score (nSPS) is 23.6. The van der Waals surface area contributed by atoms with Gasteiger partial charge in [-0.3, -0.25) is 4.90 Å². The molecule has 2 N–H and O–H groups in total. The topological polar surface area (TPSA) is 64.3 Å². The molecule has 0 amide bonds. The van der Waals surface area contributed by atoms with Gasteiger partial charge in [-0.25, -0.2) is 23.1 Å². The Labute approximate surface area is 185 Å². The lowest BCUT2D eigenvalue weighted by Gasteiger charge is -2.38. The molecule has 172 valence electrons. The van der Waals surface area contributed by atoms with Crippen LogP contribution in [0.15, 0.2) is 18.3 Å². The number of benzene rings is 1. The first-order valence-corrected chi connectivity index (χ1v) is 8.81. The average molecular weight is 491 g/mol. The molecule has 13 heteroatoms. The van der Waals surface area contributed by atoms with E-state index in [2.05, 4.69) is 9.97 Å². The standard InChI is InChI=1S/C18H16F6N4O.2ClH/c19-11-3-13(21)12(20)2-10(11)16-14(25)1-9(7-29-16)28-5-8-4-26-17(18(22,23)24)27-15(8)6-28;;/h2-4,9,14,16H,1,5-7,25H2;2*1H/t9-,14+,16?;;/m1../s1. The van der Waals surface area contributed by atoms with Gasteiger partial charge in [-0.15, -0.1) is 24.8 Å². The Morgan fingerprint density at radius 3 is 2.35 bits per heavy atom. The number of fused-ring (bicyclic) bond motifs is 1. The van der Waals surface area contributed by atoms with Gasteiger partial charge in [0.2, 0.25) is 5.82 Å². The van der Waals surface area contributed by atoms with Crippen LogP contribution in [0.25, 0.3) is 0 Å². The molecule has 5 nitrogen and oxygen atoms in total. The van der Waals surface area contributed by atoms with E-state index in [1.165, 1.54) is 0 Å². The molecule has 4 rings (SSSR count). The van der Waals surface area contributed by atoms with E-state index in [1.54, 1.807) is 0 Å². The van der Waals surface area contributed by atoms with E-state index in [0.29, 0.717) is 24.6 Å². The zero-order valence-corrected chi connectivity index (χ0v) is 17.3. The Kier molecular flexibility index (Phi) is 7.81. The molecule has 1 saturated heterocycles. The van der Waals surface area contributed by atoms with Crippen LogP contribution in [0.5, 0.6) is 0 Å². The maximum Gasteiger partial charge on any atom is 0.451 e. The van der Waals surface area contributed by atoms with Crippen LogP contribution in [-0.4, -0.2) is 33.6 Å². The van der Waals surface area contributed by atoms with Gasteiger partial charge in [0.05, 0.1) is 12.3 Å². The molecule has 2 aliphatic heterocycles. The number of ether oxygens (including phenoxy) is 1. The summed E-state index contributed by atoms with van der Waals surface area (Å²) >= 11 is 0. The molecular formula is C18H18Cl2F6N4O. The third kappa shape index (κ3) is 5.06. The second-order valence-electron chi connectivity index (χ2n) is 7.16. The quantitative estimate of drug-likeness (QED) is 0.510. The fraction of sp³-hybridized carbons (Fsp3) is 0.444. The predicted octanol–water partition coefficient (Wildman–Crippen LogP) is 3.93. The lowest BCUT2D eigenvalue weighted by molar-refractivity contribution is -0.145. The van der Waals surface area contributed by atoms with Gasteiger partial charge in [0.1, 0.15) is 11.9 Å². The first-order valence-electron chi connectivity index (χ1n) is 8.81. The first kappa shape index (κ1) is 25.6. The summed E-state index contributed by atoms with van der Waals surface area (Å²) in [6.07, 6.45) is -4.09. The molecule has 0 spiro atoms. The number of hydrogen-bond donors (Lipinski definition) is 1. The maximum atomic E-state index is 14.0. The van der Waals surface area contributed by atoms with Gasteiger partial charge in [-0.1, -0.05) is 0 Å². The van der Waals surface area contributed by atoms with Crippen molar-refractivity contribution in [2.24, 2.45) is 5.73 Å². The SMILES string of the molecule is Cl.Cl.N[C@H]1C[C@@H](N2Cc3cnc(C(F)(F)F)nc3C2)COC1c1cc(F)c(F)cc1F. The largest absolute Gasteiger partial charge is 0.451 e. The summed E-state index contributed by atoms with van der Waals surface area (Å²) in [5, 5.41) is 0. The Morgan fingerprint density at radius 1 is 1.03 bits per heavy atom. The highest BCUT2D eigenvalue weighted by Gasteiger charge is 2.39. The number of aromatic nitrogens is 2. The second kappa shape index (κ2) is 9.45. The van der Waals surface area contributed by atoms with Crippen molar-refractivity contribution in [1.82, 2.24) is 14.9 Å². The van der Waals surface area contributed by atoms with E-state index in [0.717, 1.165) is 12.3 Å². The minimum absolute atomic E-state index is 0. The van der Waals surface area contributed by atoms with Crippen molar-refractivity contribution in [3.05, 3.63) is 58.4 Å². The van der Waals surface area contributed by atoms with E-state index >= 15 is 0 Å². The second-order valence-corrected chi connectivity index (χ2v) is 7.16. The van der Waals surface area contributed by atoms with Gasteiger partial charge in [0.15, 0.2) is 11.6 Å². The van der Waals surface area contributed by atoms with Crippen LogP contribution in [0.3, 0.4) is 0 Å². The molecule has 2 aliphatic rings. The lowest BCUT2D eigenvalue weighted by Crippen LogP contribution is -2.47. The number of nitrogens with two attached hydrogens (primary N) is 1. The zero-order chi connectivity index (χ0) is 20.9. The third-order valence-corrected chi connectivity index (χ3v) is 5.20. The van der Waals surface area contributed by atoms with Gasteiger partial charge in [0.25, 0.3) is 0 Å². The maximum absolute atomic E-state index is 14.0. The molecule has 0 radical (unpaired) electrons. The van der Waals surface area contributed by atoms with E-state index in [-0.39, 0.29) is 55.3 Å². The summed E-state index contributed by atoms with van der Waals surface area (Å²) in [4.78, 5) is 8.83. The zero-order valence-electron chi connectivity index (χ0n) is 15.7. The molecule has 0 saturated carbocycles. The number of alkyl halides is 3. The van der Waals surface area contributed by atoms with Crippen LogP contribution < -0.4 is 5.73 Å². The van der Waals surface area contributed by atoms with Crippen LogP contribution >= 0.6 is 24.8 Å². The van der Waals surface area contributed by atoms with Crippen LogP contribution in [0.1, 0.15) is 35.2 Å². The molecule has 1 fully saturated rings. The highest BCUT2D eigenvalue weighted by Crippen LogP contribution is 2.35. The van der Waals surface area contributed by atoms with E-state index in [9.17, 15) is 26.3 Å². The molecule has 3 atom stereocenters. The minimum atomic E-state index is -4.62. The molecule has 31 heavy (non-hydrogen) atoms. The number of halogens is 8. The molecule has 2 aromatic rings. The van der Waals surface area contributed by atoms with Crippen molar-refractivity contribution in [3.63, 3.8) is 0 Å². The third-order valence-electron chi connectivity index (χ3n) is 5.20. The van der Waals surface area contributed by atoms with Crippen molar-refractivity contribution in [1.29, 1.82) is 0 Å². The molecule has 1 aromatic carbocycles. The molecule has 3 heterocycles. The molecular weight excluding hydrogens is 473 g/mol. The van der Waals surface area contributed by atoms with Crippen LogP contribution in [0, 0.1) is 17.5 Å². The summed E-state index contributed by atoms with van der Waals surface area (Å²) in [5.41, 5.74) is 6.80. The Balaban J connectivity index is 0.00000171. The van der Waals surface area contributed by atoms with Gasteiger partial charge in [0, 0.05) is 48.6 Å². The Bertz CT molecular complexity index is 948. The highest BCUT2D eigenvalue weighted by atomic mass is 35.5. The van der Waals surface area contributed by atoms with Gasteiger partial charge in [-0.05, 0) is 12.5 Å². The first-order chi connectivity index (χ1) is 13.6. The average Bonchev–Trinajstić information content (AvgIpc) is 3.07. The molecule has 1 aromatic heterocycles.